The number of carbonyl (C=O) groups is 1. The minimum absolute atomic E-state index is 0.230. The summed E-state index contributed by atoms with van der Waals surface area (Å²) in [6.07, 6.45) is 2.43. The topological polar surface area (TPSA) is 26.8 Å². The van der Waals surface area contributed by atoms with E-state index < -0.39 is 0 Å². The smallest absolute Gasteiger partial charge is 0.241 e. The first-order valence-electron chi connectivity index (χ1n) is 9.22. The Labute approximate surface area is 149 Å². The van der Waals surface area contributed by atoms with E-state index >= 15 is 0 Å². The number of carbonyl (C=O) groups excluding carboxylic acids is 1. The molecule has 2 aliphatic heterocycles. The number of fused-ring (bicyclic) bond motifs is 1. The quantitative estimate of drug-likeness (QED) is 0.859. The zero-order valence-electron chi connectivity index (χ0n) is 14.6. The summed E-state index contributed by atoms with van der Waals surface area (Å²) in [5.41, 5.74) is 3.51. The van der Waals surface area contributed by atoms with Gasteiger partial charge in [-0.1, -0.05) is 42.5 Å². The third-order valence-corrected chi connectivity index (χ3v) is 5.18. The first kappa shape index (κ1) is 16.2. The molecule has 25 heavy (non-hydrogen) atoms. The van der Waals surface area contributed by atoms with E-state index in [1.807, 2.05) is 17.0 Å². The Morgan fingerprint density at radius 1 is 0.800 bits per heavy atom. The monoisotopic (exact) mass is 335 g/mol. The van der Waals surface area contributed by atoms with Crippen LogP contribution < -0.4 is 9.80 Å². The lowest BCUT2D eigenvalue weighted by atomic mass is 10.1. The van der Waals surface area contributed by atoms with Crippen LogP contribution in [0.1, 0.15) is 18.4 Å². The van der Waals surface area contributed by atoms with Gasteiger partial charge in [0.25, 0.3) is 0 Å². The number of nitrogens with zero attached hydrogens (tertiary/aromatic N) is 3. The van der Waals surface area contributed by atoms with Crippen molar-refractivity contribution < 1.29 is 4.79 Å². The third kappa shape index (κ3) is 3.54. The summed E-state index contributed by atoms with van der Waals surface area (Å²) in [4.78, 5) is 19.5. The summed E-state index contributed by atoms with van der Waals surface area (Å²) in [6.45, 7) is 5.18. The standard InChI is InChI=1S/C21H25N3O/c25-21(17-22-12-6-7-13-22)24-15-14-23(16-18-8-2-1-3-9-18)19-10-4-5-11-20(19)24/h1-5,8-11H,6-7,12-17H2. The van der Waals surface area contributed by atoms with Gasteiger partial charge in [-0.15, -0.1) is 0 Å². The SMILES string of the molecule is O=C(CN1CCCC1)N1CCN(Cc2ccccc2)c2ccccc21. The highest BCUT2D eigenvalue weighted by atomic mass is 16.2. The van der Waals surface area contributed by atoms with Gasteiger partial charge in [-0.05, 0) is 43.6 Å². The number of hydrogen-bond acceptors (Lipinski definition) is 3. The van der Waals surface area contributed by atoms with Crippen molar-refractivity contribution in [1.82, 2.24) is 4.90 Å². The molecule has 2 aliphatic rings. The molecule has 0 aromatic heterocycles. The van der Waals surface area contributed by atoms with E-state index in [0.717, 1.165) is 44.1 Å². The molecule has 0 atom stereocenters. The highest BCUT2D eigenvalue weighted by Gasteiger charge is 2.28. The van der Waals surface area contributed by atoms with E-state index in [0.29, 0.717) is 6.54 Å². The summed E-state index contributed by atoms with van der Waals surface area (Å²) < 4.78 is 0. The Balaban J connectivity index is 1.53. The molecule has 0 saturated carbocycles. The molecule has 4 rings (SSSR count). The molecule has 1 saturated heterocycles. The molecule has 2 heterocycles. The highest BCUT2D eigenvalue weighted by Crippen LogP contribution is 2.34. The number of amides is 1. The van der Waals surface area contributed by atoms with Crippen LogP contribution in [0.15, 0.2) is 54.6 Å². The van der Waals surface area contributed by atoms with E-state index in [4.69, 9.17) is 0 Å². The molecule has 0 radical (unpaired) electrons. The van der Waals surface area contributed by atoms with Crippen LogP contribution in [-0.4, -0.2) is 43.5 Å². The normalized spacial score (nSPS) is 17.6. The minimum atomic E-state index is 0.230. The van der Waals surface area contributed by atoms with Crippen molar-refractivity contribution in [3.8, 4) is 0 Å². The van der Waals surface area contributed by atoms with Crippen LogP contribution in [0.3, 0.4) is 0 Å². The first-order chi connectivity index (χ1) is 12.3. The molecule has 130 valence electrons. The zero-order valence-corrected chi connectivity index (χ0v) is 14.6. The van der Waals surface area contributed by atoms with Gasteiger partial charge in [-0.2, -0.15) is 0 Å². The van der Waals surface area contributed by atoms with Crippen molar-refractivity contribution in [3.63, 3.8) is 0 Å². The summed E-state index contributed by atoms with van der Waals surface area (Å²) in [5, 5.41) is 0. The average Bonchev–Trinajstić information content (AvgIpc) is 3.16. The predicted octanol–water partition coefficient (Wildman–Crippen LogP) is 3.14. The molecule has 2 aromatic rings. The second kappa shape index (κ2) is 7.28. The number of hydrogen-bond donors (Lipinski definition) is 0. The molecule has 1 amide bonds. The van der Waals surface area contributed by atoms with Crippen LogP contribution in [0.4, 0.5) is 11.4 Å². The Hall–Kier alpha value is -2.33. The Morgan fingerprint density at radius 2 is 1.48 bits per heavy atom. The van der Waals surface area contributed by atoms with Crippen LogP contribution in [-0.2, 0) is 11.3 Å². The maximum atomic E-state index is 12.8. The lowest BCUT2D eigenvalue weighted by molar-refractivity contribution is -0.119. The number of para-hydroxylation sites is 2. The van der Waals surface area contributed by atoms with Crippen LogP contribution >= 0.6 is 0 Å². The fourth-order valence-corrected chi connectivity index (χ4v) is 3.87. The third-order valence-electron chi connectivity index (χ3n) is 5.18. The van der Waals surface area contributed by atoms with E-state index in [9.17, 15) is 4.79 Å². The minimum Gasteiger partial charge on any atom is -0.364 e. The molecular formula is C21H25N3O. The van der Waals surface area contributed by atoms with Gasteiger partial charge in [-0.25, -0.2) is 0 Å². The number of anilines is 2. The molecular weight excluding hydrogens is 310 g/mol. The van der Waals surface area contributed by atoms with Crippen molar-refractivity contribution in [2.45, 2.75) is 19.4 Å². The molecule has 2 aromatic carbocycles. The second-order valence-electron chi connectivity index (χ2n) is 6.92. The van der Waals surface area contributed by atoms with Gasteiger partial charge < -0.3 is 9.80 Å². The number of rotatable bonds is 4. The van der Waals surface area contributed by atoms with Crippen LogP contribution in [0.2, 0.25) is 0 Å². The van der Waals surface area contributed by atoms with E-state index in [-0.39, 0.29) is 5.91 Å². The molecule has 4 nitrogen and oxygen atoms in total. The fourth-order valence-electron chi connectivity index (χ4n) is 3.87. The lowest BCUT2D eigenvalue weighted by Crippen LogP contribution is -2.47. The van der Waals surface area contributed by atoms with Gasteiger partial charge >= 0.3 is 0 Å². The van der Waals surface area contributed by atoms with E-state index in [2.05, 4.69) is 52.3 Å². The van der Waals surface area contributed by atoms with Gasteiger partial charge in [-0.3, -0.25) is 9.69 Å². The molecule has 0 bridgehead atoms. The van der Waals surface area contributed by atoms with Crippen LogP contribution in [0.25, 0.3) is 0 Å². The van der Waals surface area contributed by atoms with Gasteiger partial charge in [0, 0.05) is 19.6 Å². The first-order valence-corrected chi connectivity index (χ1v) is 9.22. The van der Waals surface area contributed by atoms with Crippen molar-refractivity contribution in [1.29, 1.82) is 0 Å². The Kier molecular flexibility index (Phi) is 4.70. The van der Waals surface area contributed by atoms with Gasteiger partial charge in [0.15, 0.2) is 0 Å². The highest BCUT2D eigenvalue weighted by molar-refractivity contribution is 5.99. The zero-order chi connectivity index (χ0) is 17.1. The largest absolute Gasteiger partial charge is 0.364 e. The molecule has 0 unspecified atom stereocenters. The van der Waals surface area contributed by atoms with Crippen molar-refractivity contribution in [3.05, 3.63) is 60.2 Å². The lowest BCUT2D eigenvalue weighted by Gasteiger charge is -2.38. The summed E-state index contributed by atoms with van der Waals surface area (Å²) in [7, 11) is 0. The maximum absolute atomic E-state index is 12.8. The van der Waals surface area contributed by atoms with Gasteiger partial charge in [0.2, 0.25) is 5.91 Å². The average molecular weight is 335 g/mol. The number of benzene rings is 2. The van der Waals surface area contributed by atoms with Crippen molar-refractivity contribution in [2.75, 3.05) is 42.5 Å². The van der Waals surface area contributed by atoms with Crippen LogP contribution in [0, 0.1) is 0 Å². The Bertz CT molecular complexity index is 725. The van der Waals surface area contributed by atoms with Crippen LogP contribution in [0.5, 0.6) is 0 Å². The molecule has 1 fully saturated rings. The van der Waals surface area contributed by atoms with Crippen molar-refractivity contribution in [2.24, 2.45) is 0 Å². The predicted molar refractivity (Wildman–Crippen MR) is 102 cm³/mol. The fraction of sp³-hybridized carbons (Fsp3) is 0.381. The number of likely N-dealkylation sites (tertiary alicyclic amines) is 1. The van der Waals surface area contributed by atoms with Gasteiger partial charge in [0.1, 0.15) is 0 Å². The van der Waals surface area contributed by atoms with E-state index in [1.54, 1.807) is 0 Å². The van der Waals surface area contributed by atoms with Crippen molar-refractivity contribution >= 4 is 17.3 Å². The second-order valence-corrected chi connectivity index (χ2v) is 6.92. The summed E-state index contributed by atoms with van der Waals surface area (Å²) >= 11 is 0. The molecule has 0 aliphatic carbocycles. The molecule has 0 spiro atoms. The van der Waals surface area contributed by atoms with E-state index in [1.165, 1.54) is 18.4 Å². The Morgan fingerprint density at radius 3 is 2.24 bits per heavy atom. The summed E-state index contributed by atoms with van der Waals surface area (Å²) in [6, 6.07) is 18.8. The summed E-state index contributed by atoms with van der Waals surface area (Å²) in [5.74, 6) is 0.230. The molecule has 0 N–H and O–H groups in total. The van der Waals surface area contributed by atoms with Gasteiger partial charge in [0.05, 0.1) is 17.9 Å². The maximum Gasteiger partial charge on any atom is 0.241 e. The molecule has 4 heteroatoms.